The van der Waals surface area contributed by atoms with Gasteiger partial charge in [-0.25, -0.2) is 0 Å². The van der Waals surface area contributed by atoms with Crippen LogP contribution >= 0.6 is 15.9 Å². The first-order chi connectivity index (χ1) is 7.11. The Bertz CT molecular complexity index is 528. The van der Waals surface area contributed by atoms with Crippen LogP contribution in [0.5, 0.6) is 5.75 Å². The van der Waals surface area contributed by atoms with Crippen molar-refractivity contribution in [2.75, 3.05) is 7.11 Å². The molecule has 0 saturated heterocycles. The maximum Gasteiger partial charge on any atom is 0.194 e. The molecule has 0 fully saturated rings. The van der Waals surface area contributed by atoms with E-state index in [-0.39, 0.29) is 5.78 Å². The molecule has 0 N–H and O–H groups in total. The molecule has 1 aromatic carbocycles. The van der Waals surface area contributed by atoms with Crippen LogP contribution in [0, 0.1) is 0 Å². The number of halogens is 1. The van der Waals surface area contributed by atoms with Gasteiger partial charge in [0.1, 0.15) is 0 Å². The van der Waals surface area contributed by atoms with Crippen LogP contribution < -0.4 is 4.74 Å². The first-order valence-electron chi connectivity index (χ1n) is 4.40. The molecular weight excluding hydrogens is 260 g/mol. The number of Topliss-reactive ketones (excluding diaryl/α,β-unsaturated/α-hetero) is 1. The van der Waals surface area contributed by atoms with Gasteiger partial charge in [0.25, 0.3) is 0 Å². The summed E-state index contributed by atoms with van der Waals surface area (Å²) in [5.74, 6) is 0.873. The lowest BCUT2D eigenvalue weighted by molar-refractivity contribution is 0.0989. The number of rotatable bonds is 2. The largest absolute Gasteiger partial charge is 0.493 e. The van der Waals surface area contributed by atoms with Crippen molar-refractivity contribution in [3.8, 4) is 5.75 Å². The molecular formula is C11H9BrO3. The van der Waals surface area contributed by atoms with Gasteiger partial charge in [0, 0.05) is 16.8 Å². The number of carbonyl (C=O) groups excluding carboxylic acids is 1. The van der Waals surface area contributed by atoms with Crippen molar-refractivity contribution in [1.29, 1.82) is 0 Å². The van der Waals surface area contributed by atoms with Gasteiger partial charge in [0.2, 0.25) is 0 Å². The molecule has 0 aliphatic rings. The third-order valence-corrected chi connectivity index (χ3v) is 2.57. The smallest absolute Gasteiger partial charge is 0.194 e. The molecule has 0 aliphatic heterocycles. The second-order valence-corrected chi connectivity index (χ2v) is 4.11. The van der Waals surface area contributed by atoms with Crippen LogP contribution in [0.25, 0.3) is 11.0 Å². The van der Waals surface area contributed by atoms with E-state index >= 15 is 0 Å². The zero-order valence-corrected chi connectivity index (χ0v) is 9.92. The number of furan rings is 1. The van der Waals surface area contributed by atoms with Gasteiger partial charge in [-0.1, -0.05) is 15.9 Å². The molecule has 4 heteroatoms. The topological polar surface area (TPSA) is 39.4 Å². The maximum atomic E-state index is 11.2. The molecule has 0 aliphatic carbocycles. The van der Waals surface area contributed by atoms with Crippen LogP contribution in [0.1, 0.15) is 17.5 Å². The summed E-state index contributed by atoms with van der Waals surface area (Å²) in [6.45, 7) is 1.47. The van der Waals surface area contributed by atoms with Gasteiger partial charge in [-0.2, -0.15) is 0 Å². The summed E-state index contributed by atoms with van der Waals surface area (Å²) in [6, 6.07) is 5.40. The maximum absolute atomic E-state index is 11.2. The van der Waals surface area contributed by atoms with E-state index in [1.807, 2.05) is 6.07 Å². The molecule has 1 heterocycles. The van der Waals surface area contributed by atoms with E-state index in [2.05, 4.69) is 15.9 Å². The van der Waals surface area contributed by atoms with Crippen LogP contribution in [0.15, 0.2) is 27.1 Å². The van der Waals surface area contributed by atoms with E-state index in [9.17, 15) is 4.79 Å². The fraction of sp³-hybridized carbons (Fsp3) is 0.182. The summed E-state index contributed by atoms with van der Waals surface area (Å²) in [4.78, 5) is 11.2. The SMILES string of the molecule is COc1cc(Br)cc2cc(C(C)=O)oc12. The number of hydrogen-bond acceptors (Lipinski definition) is 3. The van der Waals surface area contributed by atoms with Crippen molar-refractivity contribution in [3.05, 3.63) is 28.4 Å². The third-order valence-electron chi connectivity index (χ3n) is 2.11. The summed E-state index contributed by atoms with van der Waals surface area (Å²) in [5, 5.41) is 0.853. The summed E-state index contributed by atoms with van der Waals surface area (Å²) in [7, 11) is 1.57. The molecule has 2 aromatic rings. The number of benzene rings is 1. The van der Waals surface area contributed by atoms with Gasteiger partial charge in [0.15, 0.2) is 22.9 Å². The lowest BCUT2D eigenvalue weighted by atomic mass is 10.2. The van der Waals surface area contributed by atoms with Crippen LogP contribution in [0.4, 0.5) is 0 Å². The molecule has 0 bridgehead atoms. The van der Waals surface area contributed by atoms with Crippen molar-refractivity contribution < 1.29 is 13.9 Å². The molecule has 0 amide bonds. The minimum Gasteiger partial charge on any atom is -0.493 e. The molecule has 0 saturated carbocycles. The van der Waals surface area contributed by atoms with Crippen LogP contribution in [-0.2, 0) is 0 Å². The van der Waals surface area contributed by atoms with Crippen molar-refractivity contribution in [3.63, 3.8) is 0 Å². The molecule has 2 rings (SSSR count). The van der Waals surface area contributed by atoms with Crippen molar-refractivity contribution in [2.45, 2.75) is 6.92 Å². The van der Waals surface area contributed by atoms with E-state index in [4.69, 9.17) is 9.15 Å². The summed E-state index contributed by atoms with van der Waals surface area (Å²) in [6.07, 6.45) is 0. The van der Waals surface area contributed by atoms with E-state index in [1.165, 1.54) is 6.92 Å². The molecule has 0 atom stereocenters. The van der Waals surface area contributed by atoms with Crippen LogP contribution in [0.2, 0.25) is 0 Å². The Labute approximate surface area is 95.1 Å². The number of ketones is 1. The Morgan fingerprint density at radius 2 is 2.13 bits per heavy atom. The Hall–Kier alpha value is -1.29. The van der Waals surface area contributed by atoms with Crippen LogP contribution in [-0.4, -0.2) is 12.9 Å². The van der Waals surface area contributed by atoms with Gasteiger partial charge >= 0.3 is 0 Å². The first kappa shape index (κ1) is 10.2. The zero-order valence-electron chi connectivity index (χ0n) is 8.33. The number of fused-ring (bicyclic) bond motifs is 1. The Morgan fingerprint density at radius 1 is 1.40 bits per heavy atom. The lowest BCUT2D eigenvalue weighted by Gasteiger charge is -2.00. The molecule has 78 valence electrons. The van der Waals surface area contributed by atoms with Gasteiger partial charge in [0.05, 0.1) is 7.11 Å². The molecule has 0 radical (unpaired) electrons. The average Bonchev–Trinajstić information content (AvgIpc) is 2.59. The monoisotopic (exact) mass is 268 g/mol. The van der Waals surface area contributed by atoms with Crippen molar-refractivity contribution >= 4 is 32.7 Å². The molecule has 1 aromatic heterocycles. The summed E-state index contributed by atoms with van der Waals surface area (Å²) < 4.78 is 11.5. The highest BCUT2D eigenvalue weighted by molar-refractivity contribution is 9.10. The summed E-state index contributed by atoms with van der Waals surface area (Å²) in [5.41, 5.74) is 0.603. The van der Waals surface area contributed by atoms with Crippen LogP contribution in [0.3, 0.4) is 0 Å². The van der Waals surface area contributed by atoms with E-state index < -0.39 is 0 Å². The molecule has 15 heavy (non-hydrogen) atoms. The molecule has 0 unspecified atom stereocenters. The van der Waals surface area contributed by atoms with E-state index in [0.717, 1.165) is 9.86 Å². The number of carbonyl (C=O) groups is 1. The number of ether oxygens (including phenoxy) is 1. The summed E-state index contributed by atoms with van der Waals surface area (Å²) >= 11 is 3.36. The van der Waals surface area contributed by atoms with Crippen molar-refractivity contribution in [1.82, 2.24) is 0 Å². The fourth-order valence-electron chi connectivity index (χ4n) is 1.41. The molecule has 0 spiro atoms. The number of hydrogen-bond donors (Lipinski definition) is 0. The van der Waals surface area contributed by atoms with E-state index in [0.29, 0.717) is 17.1 Å². The Kier molecular flexibility index (Phi) is 2.52. The van der Waals surface area contributed by atoms with Gasteiger partial charge in [-0.15, -0.1) is 0 Å². The van der Waals surface area contributed by atoms with Crippen molar-refractivity contribution in [2.24, 2.45) is 0 Å². The highest BCUT2D eigenvalue weighted by atomic mass is 79.9. The Balaban J connectivity index is 2.74. The minimum absolute atomic E-state index is 0.0932. The number of methoxy groups -OCH3 is 1. The predicted octanol–water partition coefficient (Wildman–Crippen LogP) is 3.41. The minimum atomic E-state index is -0.0932. The standard InChI is InChI=1S/C11H9BrO3/c1-6(13)9-4-7-3-8(12)5-10(14-2)11(7)15-9/h3-5H,1-2H3. The predicted molar refractivity (Wildman–Crippen MR) is 60.5 cm³/mol. The van der Waals surface area contributed by atoms with Gasteiger partial charge in [-0.3, -0.25) is 4.79 Å². The van der Waals surface area contributed by atoms with Gasteiger partial charge in [-0.05, 0) is 18.2 Å². The Morgan fingerprint density at radius 3 is 2.73 bits per heavy atom. The third kappa shape index (κ3) is 1.77. The first-order valence-corrected chi connectivity index (χ1v) is 5.19. The average molecular weight is 269 g/mol. The van der Waals surface area contributed by atoms with Gasteiger partial charge < -0.3 is 9.15 Å². The fourth-order valence-corrected chi connectivity index (χ4v) is 1.87. The second-order valence-electron chi connectivity index (χ2n) is 3.19. The quantitative estimate of drug-likeness (QED) is 0.784. The normalized spacial score (nSPS) is 10.6. The second kappa shape index (κ2) is 3.70. The zero-order chi connectivity index (χ0) is 11.0. The highest BCUT2D eigenvalue weighted by Gasteiger charge is 2.12. The highest BCUT2D eigenvalue weighted by Crippen LogP contribution is 2.32. The van der Waals surface area contributed by atoms with E-state index in [1.54, 1.807) is 19.2 Å². The lowest BCUT2D eigenvalue weighted by Crippen LogP contribution is -1.86. The molecule has 3 nitrogen and oxygen atoms in total.